The fourth-order valence-corrected chi connectivity index (χ4v) is 2.35. The second-order valence-electron chi connectivity index (χ2n) is 4.14. The molecule has 1 aromatic carbocycles. The van der Waals surface area contributed by atoms with Crippen molar-refractivity contribution in [2.75, 3.05) is 7.11 Å². The second-order valence-corrected chi connectivity index (χ2v) is 4.14. The van der Waals surface area contributed by atoms with Crippen LogP contribution in [0.3, 0.4) is 0 Å². The van der Waals surface area contributed by atoms with Crippen LogP contribution in [0.4, 0.5) is 0 Å². The molecule has 0 bridgehead atoms. The molecule has 0 aliphatic carbocycles. The molecule has 86 valence electrons. The number of aromatic nitrogens is 1. The minimum atomic E-state index is 0.567. The molecule has 0 amide bonds. The average Bonchev–Trinajstić information content (AvgIpc) is 2.54. The van der Waals surface area contributed by atoms with Gasteiger partial charge in [-0.05, 0) is 31.0 Å². The van der Waals surface area contributed by atoms with Gasteiger partial charge in [-0.2, -0.15) is 0 Å². The number of fused-ring (bicyclic) bond motifs is 1. The molecule has 0 spiro atoms. The van der Waals surface area contributed by atoms with Crippen molar-refractivity contribution in [2.45, 2.75) is 20.4 Å². The molecule has 0 aliphatic heterocycles. The molecular formula is C13H18N2O. The number of hydrogen-bond donors (Lipinski definition) is 1. The zero-order valence-corrected chi connectivity index (χ0v) is 10.3. The van der Waals surface area contributed by atoms with Crippen LogP contribution in [0.25, 0.3) is 10.9 Å². The minimum absolute atomic E-state index is 0.567. The Morgan fingerprint density at radius 3 is 2.56 bits per heavy atom. The number of aryl methyl sites for hydroxylation is 2. The quantitative estimate of drug-likeness (QED) is 0.840. The third-order valence-electron chi connectivity index (χ3n) is 3.35. The van der Waals surface area contributed by atoms with Gasteiger partial charge in [0.15, 0.2) is 0 Å². The van der Waals surface area contributed by atoms with Crippen molar-refractivity contribution in [3.63, 3.8) is 0 Å². The highest BCUT2D eigenvalue weighted by atomic mass is 16.5. The lowest BCUT2D eigenvalue weighted by Gasteiger charge is -2.06. The number of rotatable bonds is 2. The number of benzene rings is 1. The van der Waals surface area contributed by atoms with Crippen LogP contribution in [-0.4, -0.2) is 11.7 Å². The van der Waals surface area contributed by atoms with E-state index in [1.807, 2.05) is 6.07 Å². The highest BCUT2D eigenvalue weighted by Gasteiger charge is 2.15. The van der Waals surface area contributed by atoms with Crippen molar-refractivity contribution in [3.8, 4) is 5.75 Å². The van der Waals surface area contributed by atoms with Crippen molar-refractivity contribution >= 4 is 10.9 Å². The Morgan fingerprint density at radius 2 is 2.00 bits per heavy atom. The number of hydrogen-bond acceptors (Lipinski definition) is 2. The zero-order chi connectivity index (χ0) is 11.9. The van der Waals surface area contributed by atoms with Crippen molar-refractivity contribution in [3.05, 3.63) is 29.0 Å². The number of nitrogens with zero attached hydrogens (tertiary/aromatic N) is 1. The summed E-state index contributed by atoms with van der Waals surface area (Å²) >= 11 is 0. The highest BCUT2D eigenvalue weighted by Crippen LogP contribution is 2.34. The van der Waals surface area contributed by atoms with E-state index in [4.69, 9.17) is 10.5 Å². The first-order valence-electron chi connectivity index (χ1n) is 5.43. The Bertz CT molecular complexity index is 541. The van der Waals surface area contributed by atoms with E-state index in [0.717, 1.165) is 11.3 Å². The van der Waals surface area contributed by atoms with Gasteiger partial charge in [-0.3, -0.25) is 0 Å². The van der Waals surface area contributed by atoms with Crippen molar-refractivity contribution in [1.29, 1.82) is 0 Å². The molecule has 0 fully saturated rings. The molecule has 3 heteroatoms. The van der Waals surface area contributed by atoms with Gasteiger partial charge in [-0.25, -0.2) is 0 Å². The topological polar surface area (TPSA) is 40.2 Å². The van der Waals surface area contributed by atoms with E-state index in [0.29, 0.717) is 6.54 Å². The molecular weight excluding hydrogens is 200 g/mol. The third kappa shape index (κ3) is 1.32. The number of nitrogens with two attached hydrogens (primary N) is 1. The second kappa shape index (κ2) is 3.83. The smallest absolute Gasteiger partial charge is 0.143 e. The van der Waals surface area contributed by atoms with Gasteiger partial charge in [-0.1, -0.05) is 6.07 Å². The molecule has 0 atom stereocenters. The standard InChI is InChI=1S/C13H18N2O/c1-8-5-6-11(16-4)13-12(8)10(7-14)9(2)15(13)3/h5-6H,7,14H2,1-4H3. The summed E-state index contributed by atoms with van der Waals surface area (Å²) in [4.78, 5) is 0. The van der Waals surface area contributed by atoms with Gasteiger partial charge in [0.1, 0.15) is 5.75 Å². The van der Waals surface area contributed by atoms with Gasteiger partial charge >= 0.3 is 0 Å². The molecule has 0 saturated heterocycles. The maximum absolute atomic E-state index is 5.84. The monoisotopic (exact) mass is 218 g/mol. The summed E-state index contributed by atoms with van der Waals surface area (Å²) in [5.41, 5.74) is 10.7. The predicted octanol–water partition coefficient (Wildman–Crippen LogP) is 2.26. The summed E-state index contributed by atoms with van der Waals surface area (Å²) in [6, 6.07) is 4.09. The van der Waals surface area contributed by atoms with Crippen LogP contribution in [0.15, 0.2) is 12.1 Å². The largest absolute Gasteiger partial charge is 0.495 e. The summed E-state index contributed by atoms with van der Waals surface area (Å²) in [6.07, 6.45) is 0. The Balaban J connectivity index is 2.97. The first-order valence-corrected chi connectivity index (χ1v) is 5.43. The molecule has 0 unspecified atom stereocenters. The SMILES string of the molecule is COc1ccc(C)c2c(CN)c(C)n(C)c12. The fraction of sp³-hybridized carbons (Fsp3) is 0.385. The summed E-state index contributed by atoms with van der Waals surface area (Å²) in [5, 5.41) is 1.24. The van der Waals surface area contributed by atoms with Crippen LogP contribution >= 0.6 is 0 Å². The van der Waals surface area contributed by atoms with Crippen LogP contribution in [0.5, 0.6) is 5.75 Å². The molecule has 0 radical (unpaired) electrons. The van der Waals surface area contributed by atoms with E-state index in [2.05, 4.69) is 31.5 Å². The van der Waals surface area contributed by atoms with Gasteiger partial charge in [-0.15, -0.1) is 0 Å². The molecule has 1 aromatic heterocycles. The molecule has 3 nitrogen and oxygen atoms in total. The molecule has 0 aliphatic rings. The lowest BCUT2D eigenvalue weighted by molar-refractivity contribution is 0.417. The molecule has 16 heavy (non-hydrogen) atoms. The van der Waals surface area contributed by atoms with E-state index in [-0.39, 0.29) is 0 Å². The molecule has 0 saturated carbocycles. The Labute approximate surface area is 95.8 Å². The molecule has 2 N–H and O–H groups in total. The normalized spacial score (nSPS) is 11.1. The fourth-order valence-electron chi connectivity index (χ4n) is 2.35. The molecule has 1 heterocycles. The summed E-state index contributed by atoms with van der Waals surface area (Å²) in [7, 11) is 3.76. The van der Waals surface area contributed by atoms with Crippen molar-refractivity contribution in [2.24, 2.45) is 12.8 Å². The van der Waals surface area contributed by atoms with Crippen molar-refractivity contribution < 1.29 is 4.74 Å². The Hall–Kier alpha value is -1.48. The van der Waals surface area contributed by atoms with Gasteiger partial charge < -0.3 is 15.0 Å². The van der Waals surface area contributed by atoms with Crippen LogP contribution in [0, 0.1) is 13.8 Å². The maximum Gasteiger partial charge on any atom is 0.143 e. The van der Waals surface area contributed by atoms with Crippen LogP contribution in [0.1, 0.15) is 16.8 Å². The van der Waals surface area contributed by atoms with Gasteiger partial charge in [0.2, 0.25) is 0 Å². The first-order chi connectivity index (χ1) is 7.61. The lowest BCUT2D eigenvalue weighted by atomic mass is 10.1. The Kier molecular flexibility index (Phi) is 2.64. The van der Waals surface area contributed by atoms with Crippen LogP contribution in [0.2, 0.25) is 0 Å². The van der Waals surface area contributed by atoms with Crippen LogP contribution in [-0.2, 0) is 13.6 Å². The van der Waals surface area contributed by atoms with Gasteiger partial charge in [0.25, 0.3) is 0 Å². The first kappa shape index (κ1) is 11.0. The van der Waals surface area contributed by atoms with Gasteiger partial charge in [0, 0.05) is 24.7 Å². The summed E-state index contributed by atoms with van der Waals surface area (Å²) < 4.78 is 7.57. The van der Waals surface area contributed by atoms with E-state index in [1.54, 1.807) is 7.11 Å². The van der Waals surface area contributed by atoms with E-state index < -0.39 is 0 Å². The van der Waals surface area contributed by atoms with E-state index in [1.165, 1.54) is 22.2 Å². The third-order valence-corrected chi connectivity index (χ3v) is 3.35. The highest BCUT2D eigenvalue weighted by molar-refractivity contribution is 5.93. The molecule has 2 rings (SSSR count). The number of ether oxygens (including phenoxy) is 1. The van der Waals surface area contributed by atoms with Crippen molar-refractivity contribution in [1.82, 2.24) is 4.57 Å². The summed E-state index contributed by atoms with van der Waals surface area (Å²) in [6.45, 7) is 4.78. The lowest BCUT2D eigenvalue weighted by Crippen LogP contribution is -1.99. The number of methoxy groups -OCH3 is 1. The predicted molar refractivity (Wildman–Crippen MR) is 66.8 cm³/mol. The summed E-state index contributed by atoms with van der Waals surface area (Å²) in [5.74, 6) is 0.908. The minimum Gasteiger partial charge on any atom is -0.495 e. The zero-order valence-electron chi connectivity index (χ0n) is 10.3. The maximum atomic E-state index is 5.84. The van der Waals surface area contributed by atoms with E-state index >= 15 is 0 Å². The van der Waals surface area contributed by atoms with Crippen LogP contribution < -0.4 is 10.5 Å². The average molecular weight is 218 g/mol. The Morgan fingerprint density at radius 1 is 1.31 bits per heavy atom. The van der Waals surface area contributed by atoms with E-state index in [9.17, 15) is 0 Å². The molecule has 2 aromatic rings. The van der Waals surface area contributed by atoms with Gasteiger partial charge in [0.05, 0.1) is 12.6 Å².